The average Bonchev–Trinajstić information content (AvgIpc) is 2.98. The third-order valence-corrected chi connectivity index (χ3v) is 6.86. The highest BCUT2D eigenvalue weighted by atomic mass is 16.7. The number of ketones is 1. The molecule has 0 bridgehead atoms. The normalized spacial score (nSPS) is 19.8. The van der Waals surface area contributed by atoms with Crippen LogP contribution in [-0.2, 0) is 9.47 Å². The molecule has 7 nitrogen and oxygen atoms in total. The fourth-order valence-electron chi connectivity index (χ4n) is 4.69. The van der Waals surface area contributed by atoms with Crippen molar-refractivity contribution < 1.29 is 33.6 Å². The fraction of sp³-hybridized carbons (Fsp3) is 0.344. The van der Waals surface area contributed by atoms with Crippen LogP contribution in [0.1, 0.15) is 60.0 Å². The van der Waals surface area contributed by atoms with Gasteiger partial charge in [0.1, 0.15) is 23.0 Å². The van der Waals surface area contributed by atoms with Crippen LogP contribution in [0.4, 0.5) is 0 Å². The Hall–Kier alpha value is -3.81. The second-order valence-electron chi connectivity index (χ2n) is 9.69. The van der Waals surface area contributed by atoms with E-state index >= 15 is 0 Å². The van der Waals surface area contributed by atoms with E-state index in [-0.39, 0.29) is 29.7 Å². The molecule has 0 aromatic heterocycles. The third kappa shape index (κ3) is 6.99. The van der Waals surface area contributed by atoms with E-state index in [1.807, 2.05) is 54.6 Å². The van der Waals surface area contributed by atoms with E-state index in [1.54, 1.807) is 19.2 Å². The van der Waals surface area contributed by atoms with Gasteiger partial charge < -0.3 is 28.8 Å². The second-order valence-corrected chi connectivity index (χ2v) is 9.69. The molecule has 3 aromatic rings. The van der Waals surface area contributed by atoms with Crippen LogP contribution in [0, 0.1) is 0 Å². The van der Waals surface area contributed by atoms with Gasteiger partial charge in [0.25, 0.3) is 0 Å². The van der Waals surface area contributed by atoms with Crippen molar-refractivity contribution in [2.75, 3.05) is 20.3 Å². The number of phenolic OH excluding ortho intramolecular Hbond substituents is 1. The van der Waals surface area contributed by atoms with Crippen molar-refractivity contribution in [2.24, 2.45) is 0 Å². The quantitative estimate of drug-likeness (QED) is 0.189. The van der Waals surface area contributed by atoms with Gasteiger partial charge in [-0.15, -0.1) is 0 Å². The van der Waals surface area contributed by atoms with Gasteiger partial charge in [-0.25, -0.2) is 0 Å². The summed E-state index contributed by atoms with van der Waals surface area (Å²) in [6, 6.07) is 19.6. The molecule has 7 heteroatoms. The van der Waals surface area contributed by atoms with Gasteiger partial charge in [0.2, 0.25) is 0 Å². The van der Waals surface area contributed by atoms with Gasteiger partial charge in [-0.3, -0.25) is 4.79 Å². The molecule has 0 amide bonds. The Kier molecular flexibility index (Phi) is 8.81. The van der Waals surface area contributed by atoms with Crippen LogP contribution in [0.3, 0.4) is 0 Å². The summed E-state index contributed by atoms with van der Waals surface area (Å²) >= 11 is 0. The van der Waals surface area contributed by atoms with E-state index in [2.05, 4.69) is 0 Å². The smallest absolute Gasteiger partial charge is 0.199 e. The van der Waals surface area contributed by atoms with Crippen molar-refractivity contribution >= 4 is 17.4 Å². The molecule has 2 unspecified atom stereocenters. The van der Waals surface area contributed by atoms with Gasteiger partial charge in [-0.1, -0.05) is 24.3 Å². The zero-order chi connectivity index (χ0) is 27.0. The predicted molar refractivity (Wildman–Crippen MR) is 148 cm³/mol. The Morgan fingerprint density at radius 1 is 0.795 bits per heavy atom. The van der Waals surface area contributed by atoms with Crippen LogP contribution in [0.2, 0.25) is 0 Å². The molecule has 2 fully saturated rings. The van der Waals surface area contributed by atoms with Crippen molar-refractivity contribution in [2.45, 2.75) is 51.1 Å². The van der Waals surface area contributed by atoms with Crippen molar-refractivity contribution in [3.05, 3.63) is 83.4 Å². The topological polar surface area (TPSA) is 83.5 Å². The number of rotatable bonds is 9. The number of ether oxygens (including phenoxy) is 5. The van der Waals surface area contributed by atoms with E-state index in [1.165, 1.54) is 6.07 Å². The first-order valence-electron chi connectivity index (χ1n) is 13.5. The number of carbonyl (C=O) groups excluding carboxylic acids is 1. The molecule has 0 radical (unpaired) electrons. The van der Waals surface area contributed by atoms with Gasteiger partial charge in [-0.05, 0) is 79.3 Å². The molecule has 0 saturated carbocycles. The van der Waals surface area contributed by atoms with Crippen molar-refractivity contribution in [3.8, 4) is 23.0 Å². The second kappa shape index (κ2) is 12.8. The Morgan fingerprint density at radius 3 is 1.95 bits per heavy atom. The van der Waals surface area contributed by atoms with Crippen LogP contribution < -0.4 is 14.2 Å². The molecular formula is C32H34O7. The molecule has 0 spiro atoms. The molecule has 2 atom stereocenters. The maximum Gasteiger partial charge on any atom is 0.199 e. The first-order chi connectivity index (χ1) is 19.1. The summed E-state index contributed by atoms with van der Waals surface area (Å²) in [6.07, 6.45) is 7.04. The lowest BCUT2D eigenvalue weighted by Gasteiger charge is -2.23. The largest absolute Gasteiger partial charge is 0.507 e. The maximum atomic E-state index is 13.8. The first-order valence-corrected chi connectivity index (χ1v) is 13.5. The van der Waals surface area contributed by atoms with Crippen molar-refractivity contribution in [3.63, 3.8) is 0 Å². The minimum atomic E-state index is -0.343. The van der Waals surface area contributed by atoms with Crippen molar-refractivity contribution in [1.29, 1.82) is 0 Å². The predicted octanol–water partition coefficient (Wildman–Crippen LogP) is 6.64. The van der Waals surface area contributed by atoms with E-state index in [9.17, 15) is 9.90 Å². The molecule has 5 rings (SSSR count). The zero-order valence-electron chi connectivity index (χ0n) is 22.1. The van der Waals surface area contributed by atoms with Gasteiger partial charge in [-0.2, -0.15) is 0 Å². The van der Waals surface area contributed by atoms with E-state index in [0.29, 0.717) is 35.8 Å². The Balaban J connectivity index is 1.41. The highest BCUT2D eigenvalue weighted by Gasteiger charge is 2.21. The highest BCUT2D eigenvalue weighted by Crippen LogP contribution is 2.32. The Labute approximate surface area is 228 Å². The number of carbonyl (C=O) groups is 1. The minimum absolute atomic E-state index is 0.150. The number of benzene rings is 3. The molecule has 204 valence electrons. The Bertz CT molecular complexity index is 1270. The zero-order valence-corrected chi connectivity index (χ0v) is 22.1. The lowest BCUT2D eigenvalue weighted by atomic mass is 9.94. The van der Waals surface area contributed by atoms with Crippen LogP contribution >= 0.6 is 0 Å². The van der Waals surface area contributed by atoms with E-state index in [4.69, 9.17) is 23.7 Å². The monoisotopic (exact) mass is 530 g/mol. The minimum Gasteiger partial charge on any atom is -0.507 e. The van der Waals surface area contributed by atoms with E-state index < -0.39 is 0 Å². The first kappa shape index (κ1) is 26.8. The molecule has 2 heterocycles. The summed E-state index contributed by atoms with van der Waals surface area (Å²) in [4.78, 5) is 13.8. The van der Waals surface area contributed by atoms with Crippen LogP contribution in [0.25, 0.3) is 11.6 Å². The molecule has 2 saturated heterocycles. The number of hydrogen-bond acceptors (Lipinski definition) is 7. The molecular weight excluding hydrogens is 496 g/mol. The average molecular weight is 531 g/mol. The molecule has 2 aliphatic rings. The van der Waals surface area contributed by atoms with E-state index in [0.717, 1.165) is 49.8 Å². The number of aromatic hydroxyl groups is 1. The molecule has 2 aliphatic heterocycles. The molecule has 3 aromatic carbocycles. The summed E-state index contributed by atoms with van der Waals surface area (Å²) in [5.74, 6) is 1.40. The summed E-state index contributed by atoms with van der Waals surface area (Å²) < 4.78 is 28.4. The van der Waals surface area contributed by atoms with Gasteiger partial charge in [0.15, 0.2) is 18.4 Å². The third-order valence-electron chi connectivity index (χ3n) is 6.86. The number of hydrogen-bond donors (Lipinski definition) is 1. The summed E-state index contributed by atoms with van der Waals surface area (Å²) in [6.45, 7) is 1.36. The highest BCUT2D eigenvalue weighted by molar-refractivity contribution is 6.33. The summed E-state index contributed by atoms with van der Waals surface area (Å²) in [7, 11) is 1.61. The molecule has 1 N–H and O–H groups in total. The van der Waals surface area contributed by atoms with Crippen LogP contribution in [-0.4, -0.2) is 43.8 Å². The number of allylic oxidation sites excluding steroid dienone is 1. The lowest BCUT2D eigenvalue weighted by Crippen LogP contribution is -2.25. The van der Waals surface area contributed by atoms with Crippen molar-refractivity contribution in [1.82, 2.24) is 0 Å². The maximum absolute atomic E-state index is 13.8. The van der Waals surface area contributed by atoms with Gasteiger partial charge in [0, 0.05) is 24.5 Å². The van der Waals surface area contributed by atoms with Crippen LogP contribution in [0.5, 0.6) is 23.0 Å². The number of methoxy groups -OCH3 is 1. The Morgan fingerprint density at radius 2 is 1.38 bits per heavy atom. The standard InChI is InChI=1S/C32H34O7/c1-35-24-12-8-22(9-13-24)20-28(23-10-14-25(15-11-23)38-30-6-2-4-18-36-30)32(34)27-17-16-26(21-29(27)33)39-31-7-3-5-19-37-31/h8-17,20-21,30-31,33H,2-7,18-19H2,1H3/b28-20+. The van der Waals surface area contributed by atoms with Gasteiger partial charge >= 0.3 is 0 Å². The molecule has 0 aliphatic carbocycles. The lowest BCUT2D eigenvalue weighted by molar-refractivity contribution is -0.106. The van der Waals surface area contributed by atoms with Gasteiger partial charge in [0.05, 0.1) is 25.9 Å². The summed E-state index contributed by atoms with van der Waals surface area (Å²) in [5, 5.41) is 10.8. The SMILES string of the molecule is COc1ccc(/C=C(/C(=O)c2ccc(OC3CCCCO3)cc2O)c2ccc(OC3CCCCO3)cc2)cc1. The number of Topliss-reactive ketones (excluding diaryl/α,β-unsaturated/α-hetero) is 1. The molecule has 39 heavy (non-hydrogen) atoms. The number of phenols is 1. The van der Waals surface area contributed by atoms with Crippen LogP contribution in [0.15, 0.2) is 66.7 Å². The summed E-state index contributed by atoms with van der Waals surface area (Å²) in [5.41, 5.74) is 2.13. The fourth-order valence-corrected chi connectivity index (χ4v) is 4.69.